The Bertz CT molecular complexity index is 894. The molecule has 1 atom stereocenters. The molecule has 0 radical (unpaired) electrons. The molecule has 2 aromatic rings. The third-order valence-electron chi connectivity index (χ3n) is 4.31. The van der Waals surface area contributed by atoms with E-state index in [9.17, 15) is 14.9 Å². The van der Waals surface area contributed by atoms with Gasteiger partial charge in [-0.05, 0) is 36.5 Å². The lowest BCUT2D eigenvalue weighted by atomic mass is 9.97. The van der Waals surface area contributed by atoms with Gasteiger partial charge in [-0.15, -0.1) is 0 Å². The van der Waals surface area contributed by atoms with Gasteiger partial charge in [-0.2, -0.15) is 5.26 Å². The van der Waals surface area contributed by atoms with Crippen LogP contribution in [0.15, 0.2) is 60.2 Å². The molecule has 1 N–H and O–H groups in total. The van der Waals surface area contributed by atoms with Crippen molar-refractivity contribution in [2.45, 2.75) is 33.2 Å². The Morgan fingerprint density at radius 1 is 1.10 bits per heavy atom. The van der Waals surface area contributed by atoms with Gasteiger partial charge in [0, 0.05) is 0 Å². The van der Waals surface area contributed by atoms with E-state index in [0.717, 1.165) is 23.1 Å². The van der Waals surface area contributed by atoms with E-state index < -0.39 is 18.5 Å². The molecule has 0 bridgehead atoms. The van der Waals surface area contributed by atoms with E-state index in [0.29, 0.717) is 5.92 Å². The topological polar surface area (TPSA) is 79.2 Å². The SMILES string of the molecule is Cc1ccc(/C=C(\C#N)C(=O)OCC(=O)N[C@H](CC(C)C)c2ccccc2)cc1. The molecule has 0 fully saturated rings. The monoisotopic (exact) mass is 390 g/mol. The van der Waals surface area contributed by atoms with Gasteiger partial charge in [0.2, 0.25) is 0 Å². The Kier molecular flexibility index (Phi) is 8.17. The quantitative estimate of drug-likeness (QED) is 0.413. The number of hydrogen-bond donors (Lipinski definition) is 1. The standard InChI is InChI=1S/C24H26N2O3/c1-17(2)13-22(20-7-5-4-6-8-20)26-23(27)16-29-24(28)21(15-25)14-19-11-9-18(3)10-12-19/h4-12,14,17,22H,13,16H2,1-3H3,(H,26,27)/b21-14+/t22-/m1/s1. The van der Waals surface area contributed by atoms with Gasteiger partial charge >= 0.3 is 5.97 Å². The fraction of sp³-hybridized carbons (Fsp3) is 0.292. The predicted octanol–water partition coefficient (Wildman–Crippen LogP) is 4.35. The first-order chi connectivity index (χ1) is 13.9. The second-order valence-electron chi connectivity index (χ2n) is 7.32. The van der Waals surface area contributed by atoms with Crippen molar-refractivity contribution in [3.8, 4) is 6.07 Å². The van der Waals surface area contributed by atoms with E-state index in [1.807, 2.05) is 67.6 Å². The number of nitrogens with zero attached hydrogens (tertiary/aromatic N) is 1. The molecule has 5 nitrogen and oxygen atoms in total. The maximum absolute atomic E-state index is 12.3. The smallest absolute Gasteiger partial charge is 0.349 e. The van der Waals surface area contributed by atoms with Crippen molar-refractivity contribution in [1.29, 1.82) is 5.26 Å². The van der Waals surface area contributed by atoms with Crippen molar-refractivity contribution in [3.05, 3.63) is 76.9 Å². The summed E-state index contributed by atoms with van der Waals surface area (Å²) >= 11 is 0. The minimum absolute atomic E-state index is 0.150. The van der Waals surface area contributed by atoms with Crippen molar-refractivity contribution >= 4 is 18.0 Å². The second kappa shape index (κ2) is 10.8. The maximum Gasteiger partial charge on any atom is 0.349 e. The lowest BCUT2D eigenvalue weighted by Gasteiger charge is -2.21. The third-order valence-corrected chi connectivity index (χ3v) is 4.31. The molecule has 29 heavy (non-hydrogen) atoms. The molecular formula is C24H26N2O3. The number of ether oxygens (including phenoxy) is 1. The van der Waals surface area contributed by atoms with Crippen LogP contribution in [-0.2, 0) is 14.3 Å². The van der Waals surface area contributed by atoms with Gasteiger partial charge in [-0.3, -0.25) is 4.79 Å². The van der Waals surface area contributed by atoms with Crippen LogP contribution in [0.4, 0.5) is 0 Å². The normalized spacial score (nSPS) is 12.2. The second-order valence-corrected chi connectivity index (χ2v) is 7.32. The zero-order valence-electron chi connectivity index (χ0n) is 17.0. The molecule has 2 aromatic carbocycles. The van der Waals surface area contributed by atoms with Crippen LogP contribution in [0.2, 0.25) is 0 Å². The number of nitrogens with one attached hydrogen (secondary N) is 1. The molecular weight excluding hydrogens is 364 g/mol. The first kappa shape index (κ1) is 21.9. The highest BCUT2D eigenvalue weighted by molar-refractivity contribution is 5.98. The van der Waals surface area contributed by atoms with Gasteiger partial charge in [0.1, 0.15) is 11.6 Å². The average molecular weight is 390 g/mol. The van der Waals surface area contributed by atoms with Gasteiger partial charge < -0.3 is 10.1 Å². The molecule has 0 aromatic heterocycles. The molecule has 2 rings (SSSR count). The Hall–Kier alpha value is -3.39. The number of carbonyl (C=O) groups excluding carboxylic acids is 2. The number of nitriles is 1. The molecule has 0 aliphatic heterocycles. The minimum Gasteiger partial charge on any atom is -0.451 e. The number of aryl methyl sites for hydroxylation is 1. The number of hydrogen-bond acceptors (Lipinski definition) is 4. The summed E-state index contributed by atoms with van der Waals surface area (Å²) in [5.74, 6) is -0.838. The molecule has 1 amide bonds. The largest absolute Gasteiger partial charge is 0.451 e. The fourth-order valence-corrected chi connectivity index (χ4v) is 2.85. The van der Waals surface area contributed by atoms with Gasteiger partial charge in [-0.25, -0.2) is 4.79 Å². The Balaban J connectivity index is 1.98. The van der Waals surface area contributed by atoms with Gasteiger partial charge in [0.25, 0.3) is 5.91 Å². The molecule has 0 heterocycles. The Morgan fingerprint density at radius 2 is 1.76 bits per heavy atom. The molecule has 0 unspecified atom stereocenters. The van der Waals surface area contributed by atoms with Crippen LogP contribution in [0.25, 0.3) is 6.08 Å². The van der Waals surface area contributed by atoms with Crippen molar-refractivity contribution < 1.29 is 14.3 Å². The van der Waals surface area contributed by atoms with E-state index >= 15 is 0 Å². The number of benzene rings is 2. The minimum atomic E-state index is -0.816. The number of rotatable bonds is 8. The molecule has 0 saturated carbocycles. The number of carbonyl (C=O) groups is 2. The maximum atomic E-state index is 12.3. The summed E-state index contributed by atoms with van der Waals surface area (Å²) < 4.78 is 5.05. The van der Waals surface area contributed by atoms with Gasteiger partial charge in [0.15, 0.2) is 6.61 Å². The average Bonchev–Trinajstić information content (AvgIpc) is 2.71. The predicted molar refractivity (Wildman–Crippen MR) is 113 cm³/mol. The lowest BCUT2D eigenvalue weighted by Crippen LogP contribution is -2.33. The van der Waals surface area contributed by atoms with E-state index in [2.05, 4.69) is 19.2 Å². The summed E-state index contributed by atoms with van der Waals surface area (Å²) in [5, 5.41) is 12.2. The van der Waals surface area contributed by atoms with Crippen LogP contribution >= 0.6 is 0 Å². The molecule has 0 spiro atoms. The molecule has 0 aliphatic rings. The highest BCUT2D eigenvalue weighted by Crippen LogP contribution is 2.21. The van der Waals surface area contributed by atoms with Crippen molar-refractivity contribution in [2.75, 3.05) is 6.61 Å². The van der Waals surface area contributed by atoms with Crippen LogP contribution in [0.3, 0.4) is 0 Å². The van der Waals surface area contributed by atoms with E-state index in [4.69, 9.17) is 4.74 Å². The van der Waals surface area contributed by atoms with Crippen molar-refractivity contribution in [1.82, 2.24) is 5.32 Å². The molecule has 0 aliphatic carbocycles. The molecule has 5 heteroatoms. The zero-order valence-corrected chi connectivity index (χ0v) is 17.0. The van der Waals surface area contributed by atoms with E-state index in [1.165, 1.54) is 6.08 Å². The van der Waals surface area contributed by atoms with Crippen LogP contribution in [0.5, 0.6) is 0 Å². The number of esters is 1. The molecule has 150 valence electrons. The van der Waals surface area contributed by atoms with Gasteiger partial charge in [0.05, 0.1) is 6.04 Å². The zero-order chi connectivity index (χ0) is 21.2. The van der Waals surface area contributed by atoms with Crippen LogP contribution in [0, 0.1) is 24.2 Å². The highest BCUT2D eigenvalue weighted by atomic mass is 16.5. The summed E-state index contributed by atoms with van der Waals surface area (Å²) in [6, 6.07) is 18.7. The first-order valence-corrected chi connectivity index (χ1v) is 9.59. The van der Waals surface area contributed by atoms with E-state index in [1.54, 1.807) is 0 Å². The summed E-state index contributed by atoms with van der Waals surface area (Å²) in [7, 11) is 0. The Labute approximate surface area is 172 Å². The summed E-state index contributed by atoms with van der Waals surface area (Å²) in [4.78, 5) is 24.5. The van der Waals surface area contributed by atoms with Gasteiger partial charge in [-0.1, -0.05) is 74.0 Å². The highest BCUT2D eigenvalue weighted by Gasteiger charge is 2.18. The van der Waals surface area contributed by atoms with E-state index in [-0.39, 0.29) is 11.6 Å². The van der Waals surface area contributed by atoms with Crippen LogP contribution < -0.4 is 5.32 Å². The fourth-order valence-electron chi connectivity index (χ4n) is 2.85. The summed E-state index contributed by atoms with van der Waals surface area (Å²) in [6.07, 6.45) is 2.21. The lowest BCUT2D eigenvalue weighted by molar-refractivity contribution is -0.144. The Morgan fingerprint density at radius 3 is 2.34 bits per heavy atom. The summed E-state index contributed by atoms with van der Waals surface area (Å²) in [5.41, 5.74) is 2.64. The summed E-state index contributed by atoms with van der Waals surface area (Å²) in [6.45, 7) is 5.68. The first-order valence-electron chi connectivity index (χ1n) is 9.59. The van der Waals surface area contributed by atoms with Crippen molar-refractivity contribution in [3.63, 3.8) is 0 Å². The van der Waals surface area contributed by atoms with Crippen LogP contribution in [0.1, 0.15) is 43.0 Å². The number of amides is 1. The van der Waals surface area contributed by atoms with Crippen molar-refractivity contribution in [2.24, 2.45) is 5.92 Å². The van der Waals surface area contributed by atoms with Crippen LogP contribution in [-0.4, -0.2) is 18.5 Å². The third kappa shape index (κ3) is 7.27. The molecule has 0 saturated heterocycles.